The first-order valence-electron chi connectivity index (χ1n) is 5.40. The summed E-state index contributed by atoms with van der Waals surface area (Å²) < 4.78 is 6.70. The first kappa shape index (κ1) is 13.0. The molecule has 94 valence electrons. The fraction of sp³-hybridized carbons (Fsp3) is 0.167. The van der Waals surface area contributed by atoms with Gasteiger partial charge in [-0.15, -0.1) is 11.7 Å². The molecular weight excluding hydrogens is 268 g/mol. The van der Waals surface area contributed by atoms with E-state index in [1.807, 2.05) is 37.3 Å². The molecule has 1 aromatic heterocycles. The van der Waals surface area contributed by atoms with Crippen molar-refractivity contribution in [3.63, 3.8) is 0 Å². The Bertz CT molecular complexity index is 584. The highest BCUT2D eigenvalue weighted by atomic mass is 33.1. The van der Waals surface area contributed by atoms with E-state index in [1.54, 1.807) is 6.20 Å². The van der Waals surface area contributed by atoms with E-state index in [9.17, 15) is 4.79 Å². The topological polar surface area (TPSA) is 44.1 Å². The monoisotopic (exact) mass is 280 g/mol. The standard InChI is InChI=1S/C12H12N2O2S2/c1-2-16-11-10(18-17)8-13-14(12(11)15)9-6-4-3-5-7-9/h3-8,17H,2H2,1H3. The molecule has 0 N–H and O–H groups in total. The summed E-state index contributed by atoms with van der Waals surface area (Å²) in [6.07, 6.45) is 1.58. The van der Waals surface area contributed by atoms with Gasteiger partial charge in [-0.25, -0.2) is 0 Å². The first-order valence-corrected chi connectivity index (χ1v) is 7.26. The van der Waals surface area contributed by atoms with Gasteiger partial charge in [0.1, 0.15) is 0 Å². The molecule has 18 heavy (non-hydrogen) atoms. The van der Waals surface area contributed by atoms with E-state index in [0.29, 0.717) is 17.2 Å². The van der Waals surface area contributed by atoms with Crippen molar-refractivity contribution in [2.75, 3.05) is 6.61 Å². The lowest BCUT2D eigenvalue weighted by Gasteiger charge is -2.10. The van der Waals surface area contributed by atoms with Gasteiger partial charge in [-0.1, -0.05) is 29.0 Å². The molecule has 0 atom stereocenters. The highest BCUT2D eigenvalue weighted by Gasteiger charge is 2.13. The minimum atomic E-state index is -0.276. The minimum absolute atomic E-state index is 0.276. The first-order chi connectivity index (χ1) is 8.77. The highest BCUT2D eigenvalue weighted by molar-refractivity contribution is 8.68. The van der Waals surface area contributed by atoms with Crippen molar-refractivity contribution in [2.24, 2.45) is 0 Å². The molecule has 1 aromatic carbocycles. The SMILES string of the molecule is CCOc1c(SS)cnn(-c2ccccc2)c1=O. The van der Waals surface area contributed by atoms with Gasteiger partial charge < -0.3 is 4.74 Å². The molecule has 0 saturated heterocycles. The second-order valence-electron chi connectivity index (χ2n) is 3.41. The molecule has 6 heteroatoms. The summed E-state index contributed by atoms with van der Waals surface area (Å²) in [4.78, 5) is 12.9. The molecule has 0 aliphatic heterocycles. The fourth-order valence-corrected chi connectivity index (χ4v) is 2.23. The van der Waals surface area contributed by atoms with Crippen molar-refractivity contribution in [3.05, 3.63) is 46.9 Å². The zero-order valence-electron chi connectivity index (χ0n) is 9.74. The van der Waals surface area contributed by atoms with Crippen molar-refractivity contribution in [2.45, 2.75) is 11.8 Å². The van der Waals surface area contributed by atoms with E-state index < -0.39 is 0 Å². The van der Waals surface area contributed by atoms with E-state index in [0.717, 1.165) is 10.8 Å². The van der Waals surface area contributed by atoms with Crippen LogP contribution in [0.3, 0.4) is 0 Å². The van der Waals surface area contributed by atoms with Crippen molar-refractivity contribution >= 4 is 22.5 Å². The number of hydrogen-bond donors (Lipinski definition) is 1. The van der Waals surface area contributed by atoms with Crippen LogP contribution in [0.1, 0.15) is 6.92 Å². The van der Waals surface area contributed by atoms with Crippen LogP contribution in [0.2, 0.25) is 0 Å². The maximum Gasteiger partial charge on any atom is 0.315 e. The van der Waals surface area contributed by atoms with Crippen molar-refractivity contribution in [1.29, 1.82) is 0 Å². The predicted molar refractivity (Wildman–Crippen MR) is 75.8 cm³/mol. The van der Waals surface area contributed by atoms with Crippen LogP contribution in [-0.4, -0.2) is 16.4 Å². The quantitative estimate of drug-likeness (QED) is 0.690. The number of hydrogen-bond acceptors (Lipinski definition) is 5. The Hall–Kier alpha value is -1.40. The summed E-state index contributed by atoms with van der Waals surface area (Å²) in [7, 11) is 1.15. The van der Waals surface area contributed by atoms with Crippen LogP contribution in [0.5, 0.6) is 5.75 Å². The number of benzene rings is 1. The molecule has 0 aliphatic rings. The van der Waals surface area contributed by atoms with Crippen LogP contribution >= 0.6 is 22.5 Å². The number of ether oxygens (including phenoxy) is 1. The van der Waals surface area contributed by atoms with Gasteiger partial charge in [0.15, 0.2) is 0 Å². The fourth-order valence-electron chi connectivity index (χ4n) is 1.52. The molecule has 0 unspecified atom stereocenters. The third kappa shape index (κ3) is 2.54. The van der Waals surface area contributed by atoms with Gasteiger partial charge in [-0.3, -0.25) is 4.79 Å². The van der Waals surface area contributed by atoms with Gasteiger partial charge in [-0.2, -0.15) is 9.78 Å². The van der Waals surface area contributed by atoms with Crippen LogP contribution in [0, 0.1) is 0 Å². The maximum absolute atomic E-state index is 12.3. The average molecular weight is 280 g/mol. The van der Waals surface area contributed by atoms with Gasteiger partial charge >= 0.3 is 5.56 Å². The number of para-hydroxylation sites is 1. The molecule has 2 aromatic rings. The Morgan fingerprint density at radius 2 is 2.11 bits per heavy atom. The lowest BCUT2D eigenvalue weighted by Crippen LogP contribution is -2.23. The molecule has 0 fully saturated rings. The lowest BCUT2D eigenvalue weighted by atomic mass is 10.3. The number of aromatic nitrogens is 2. The largest absolute Gasteiger partial charge is 0.487 e. The summed E-state index contributed by atoms with van der Waals surface area (Å²) in [5.41, 5.74) is 0.432. The third-order valence-electron chi connectivity index (χ3n) is 2.29. The molecule has 0 spiro atoms. The molecule has 0 saturated carbocycles. The Labute approximate surface area is 114 Å². The van der Waals surface area contributed by atoms with Crippen LogP contribution in [-0.2, 0) is 0 Å². The molecule has 2 rings (SSSR count). The van der Waals surface area contributed by atoms with Gasteiger partial charge in [0.25, 0.3) is 0 Å². The molecular formula is C12H12N2O2S2. The molecule has 0 aliphatic carbocycles. The summed E-state index contributed by atoms with van der Waals surface area (Å²) in [6.45, 7) is 2.26. The summed E-state index contributed by atoms with van der Waals surface area (Å²) >= 11 is 4.09. The molecule has 0 radical (unpaired) electrons. The van der Waals surface area contributed by atoms with Crippen molar-refractivity contribution in [1.82, 2.24) is 9.78 Å². The molecule has 4 nitrogen and oxygen atoms in total. The van der Waals surface area contributed by atoms with Gasteiger partial charge in [0.2, 0.25) is 5.75 Å². The van der Waals surface area contributed by atoms with Crippen LogP contribution in [0.25, 0.3) is 5.69 Å². The van der Waals surface area contributed by atoms with Crippen molar-refractivity contribution < 1.29 is 4.74 Å². The van der Waals surface area contributed by atoms with Crippen molar-refractivity contribution in [3.8, 4) is 11.4 Å². The van der Waals surface area contributed by atoms with E-state index in [4.69, 9.17) is 4.74 Å². The van der Waals surface area contributed by atoms with E-state index in [-0.39, 0.29) is 11.3 Å². The Balaban J connectivity index is 2.58. The molecule has 0 bridgehead atoms. The Morgan fingerprint density at radius 3 is 2.72 bits per heavy atom. The zero-order chi connectivity index (χ0) is 13.0. The maximum atomic E-state index is 12.3. The van der Waals surface area contributed by atoms with E-state index in [2.05, 4.69) is 16.8 Å². The summed E-state index contributed by atoms with van der Waals surface area (Å²) in [5, 5.41) is 4.12. The third-order valence-corrected chi connectivity index (χ3v) is 3.37. The zero-order valence-corrected chi connectivity index (χ0v) is 11.4. The van der Waals surface area contributed by atoms with Gasteiger partial charge in [0, 0.05) is 0 Å². The normalized spacial score (nSPS) is 10.3. The molecule has 0 amide bonds. The number of rotatable bonds is 4. The minimum Gasteiger partial charge on any atom is -0.487 e. The Morgan fingerprint density at radius 1 is 1.39 bits per heavy atom. The van der Waals surface area contributed by atoms with E-state index in [1.165, 1.54) is 4.68 Å². The number of nitrogens with zero attached hydrogens (tertiary/aromatic N) is 2. The number of thiol groups is 1. The lowest BCUT2D eigenvalue weighted by molar-refractivity contribution is 0.323. The Kier molecular flexibility index (Phi) is 4.33. The molecule has 1 heterocycles. The van der Waals surface area contributed by atoms with Crippen LogP contribution in [0.4, 0.5) is 0 Å². The van der Waals surface area contributed by atoms with Gasteiger partial charge in [0.05, 0.1) is 23.4 Å². The summed E-state index contributed by atoms with van der Waals surface area (Å²) in [5.74, 6) is 0.288. The smallest absolute Gasteiger partial charge is 0.315 e. The predicted octanol–water partition coefficient (Wildman–Crippen LogP) is 2.57. The van der Waals surface area contributed by atoms with Crippen LogP contribution < -0.4 is 10.3 Å². The second-order valence-corrected chi connectivity index (χ2v) is 4.58. The average Bonchev–Trinajstić information content (AvgIpc) is 2.42. The van der Waals surface area contributed by atoms with Gasteiger partial charge in [-0.05, 0) is 19.1 Å². The van der Waals surface area contributed by atoms with E-state index >= 15 is 0 Å². The summed E-state index contributed by atoms with van der Waals surface area (Å²) in [6, 6.07) is 9.22. The second kappa shape index (κ2) is 5.97. The highest BCUT2D eigenvalue weighted by Crippen LogP contribution is 2.27. The van der Waals surface area contributed by atoms with Crippen LogP contribution in [0.15, 0.2) is 46.2 Å².